The van der Waals surface area contributed by atoms with Crippen LogP contribution in [-0.2, 0) is 0 Å². The van der Waals surface area contributed by atoms with Gasteiger partial charge in [-0.2, -0.15) is 0 Å². The van der Waals surface area contributed by atoms with Crippen LogP contribution < -0.4 is 5.73 Å². The molecule has 1 amide bonds. The largest absolute Gasteiger partial charge is 0.335 e. The molecule has 0 radical (unpaired) electrons. The quantitative estimate of drug-likeness (QED) is 0.879. The molecule has 0 aliphatic carbocycles. The molecular formula is C12H21N3OS. The number of hydrogen-bond acceptors (Lipinski definition) is 4. The lowest BCUT2D eigenvalue weighted by Crippen LogP contribution is -2.37. The van der Waals surface area contributed by atoms with Gasteiger partial charge in [0.05, 0.1) is 6.04 Å². The van der Waals surface area contributed by atoms with Crippen LogP contribution in [0.2, 0.25) is 0 Å². The van der Waals surface area contributed by atoms with E-state index < -0.39 is 0 Å². The summed E-state index contributed by atoms with van der Waals surface area (Å²) in [5.41, 5.74) is 6.26. The SMILES string of the molecule is CCCN(C(=O)c1csc(C(C)N)n1)C(C)C. The first kappa shape index (κ1) is 14.1. The van der Waals surface area contributed by atoms with E-state index >= 15 is 0 Å². The molecule has 0 aliphatic heterocycles. The molecule has 0 bridgehead atoms. The van der Waals surface area contributed by atoms with Crippen molar-refractivity contribution in [2.24, 2.45) is 5.73 Å². The number of thiazole rings is 1. The number of carbonyl (C=O) groups excluding carboxylic acids is 1. The Balaban J connectivity index is 2.85. The molecule has 5 heteroatoms. The summed E-state index contributed by atoms with van der Waals surface area (Å²) in [7, 11) is 0. The predicted molar refractivity (Wildman–Crippen MR) is 71.2 cm³/mol. The number of nitrogens with zero attached hydrogens (tertiary/aromatic N) is 2. The second-order valence-corrected chi connectivity index (χ2v) is 5.34. The highest BCUT2D eigenvalue weighted by molar-refractivity contribution is 7.09. The monoisotopic (exact) mass is 255 g/mol. The van der Waals surface area contributed by atoms with Crippen LogP contribution in [0.25, 0.3) is 0 Å². The number of amides is 1. The standard InChI is InChI=1S/C12H21N3OS/c1-5-6-15(8(2)3)12(16)10-7-17-11(14-10)9(4)13/h7-9H,5-6,13H2,1-4H3. The van der Waals surface area contributed by atoms with Gasteiger partial charge in [-0.05, 0) is 27.2 Å². The van der Waals surface area contributed by atoms with Crippen molar-refractivity contribution >= 4 is 17.2 Å². The van der Waals surface area contributed by atoms with Gasteiger partial charge in [0.2, 0.25) is 0 Å². The van der Waals surface area contributed by atoms with E-state index in [1.54, 1.807) is 5.38 Å². The van der Waals surface area contributed by atoms with Crippen molar-refractivity contribution in [3.63, 3.8) is 0 Å². The molecule has 0 aliphatic rings. The Kier molecular flexibility index (Phi) is 5.08. The van der Waals surface area contributed by atoms with Crippen molar-refractivity contribution in [2.75, 3.05) is 6.54 Å². The van der Waals surface area contributed by atoms with Crippen molar-refractivity contribution in [3.8, 4) is 0 Å². The number of aromatic nitrogens is 1. The van der Waals surface area contributed by atoms with Gasteiger partial charge in [-0.25, -0.2) is 4.98 Å². The lowest BCUT2D eigenvalue weighted by molar-refractivity contribution is 0.0700. The number of carbonyl (C=O) groups is 1. The second kappa shape index (κ2) is 6.12. The van der Waals surface area contributed by atoms with E-state index in [1.807, 2.05) is 25.7 Å². The molecule has 1 aromatic heterocycles. The molecule has 0 aromatic carbocycles. The van der Waals surface area contributed by atoms with E-state index in [-0.39, 0.29) is 18.0 Å². The Morgan fingerprint density at radius 1 is 1.53 bits per heavy atom. The molecule has 17 heavy (non-hydrogen) atoms. The molecule has 4 nitrogen and oxygen atoms in total. The van der Waals surface area contributed by atoms with Gasteiger partial charge in [0, 0.05) is 18.0 Å². The van der Waals surface area contributed by atoms with Crippen molar-refractivity contribution in [1.82, 2.24) is 9.88 Å². The minimum Gasteiger partial charge on any atom is -0.335 e. The lowest BCUT2D eigenvalue weighted by atomic mass is 10.2. The maximum Gasteiger partial charge on any atom is 0.273 e. The van der Waals surface area contributed by atoms with Crippen LogP contribution in [0, 0.1) is 0 Å². The topological polar surface area (TPSA) is 59.2 Å². The number of nitrogens with two attached hydrogens (primary N) is 1. The minimum atomic E-state index is -0.111. The molecule has 2 N–H and O–H groups in total. The summed E-state index contributed by atoms with van der Waals surface area (Å²) >= 11 is 1.45. The molecule has 0 saturated carbocycles. The molecule has 1 atom stereocenters. The second-order valence-electron chi connectivity index (χ2n) is 4.45. The molecule has 1 heterocycles. The van der Waals surface area contributed by atoms with Gasteiger partial charge in [0.15, 0.2) is 0 Å². The summed E-state index contributed by atoms with van der Waals surface area (Å²) < 4.78 is 0. The van der Waals surface area contributed by atoms with Gasteiger partial charge in [-0.3, -0.25) is 4.79 Å². The third-order valence-corrected chi connectivity index (χ3v) is 3.52. The van der Waals surface area contributed by atoms with Gasteiger partial charge in [-0.15, -0.1) is 11.3 Å². The van der Waals surface area contributed by atoms with Crippen LogP contribution in [0.5, 0.6) is 0 Å². The third-order valence-electron chi connectivity index (χ3n) is 2.48. The average molecular weight is 255 g/mol. The Morgan fingerprint density at radius 2 is 2.18 bits per heavy atom. The fraction of sp³-hybridized carbons (Fsp3) is 0.667. The fourth-order valence-corrected chi connectivity index (χ4v) is 2.33. The fourth-order valence-electron chi connectivity index (χ4n) is 1.58. The number of rotatable bonds is 5. The van der Waals surface area contributed by atoms with Gasteiger partial charge in [0.25, 0.3) is 5.91 Å². The summed E-state index contributed by atoms with van der Waals surface area (Å²) in [4.78, 5) is 18.4. The molecular weight excluding hydrogens is 234 g/mol. The summed E-state index contributed by atoms with van der Waals surface area (Å²) in [5, 5.41) is 2.61. The first-order valence-electron chi connectivity index (χ1n) is 5.99. The zero-order chi connectivity index (χ0) is 13.0. The number of hydrogen-bond donors (Lipinski definition) is 1. The lowest BCUT2D eigenvalue weighted by Gasteiger charge is -2.25. The summed E-state index contributed by atoms with van der Waals surface area (Å²) in [6.07, 6.45) is 0.953. The van der Waals surface area contributed by atoms with E-state index in [9.17, 15) is 4.79 Å². The highest BCUT2D eigenvalue weighted by Crippen LogP contribution is 2.18. The van der Waals surface area contributed by atoms with Gasteiger partial charge < -0.3 is 10.6 Å². The van der Waals surface area contributed by atoms with Crippen LogP contribution in [-0.4, -0.2) is 28.4 Å². The third kappa shape index (κ3) is 3.51. The highest BCUT2D eigenvalue weighted by atomic mass is 32.1. The van der Waals surface area contributed by atoms with Crippen LogP contribution >= 0.6 is 11.3 Å². The van der Waals surface area contributed by atoms with Crippen LogP contribution in [0.15, 0.2) is 5.38 Å². The Bertz CT molecular complexity index is 374. The first-order valence-corrected chi connectivity index (χ1v) is 6.87. The minimum absolute atomic E-state index is 0.00463. The summed E-state index contributed by atoms with van der Waals surface area (Å²) in [6.45, 7) is 8.75. The zero-order valence-electron chi connectivity index (χ0n) is 10.9. The van der Waals surface area contributed by atoms with E-state index in [0.717, 1.165) is 18.0 Å². The molecule has 1 unspecified atom stereocenters. The molecule has 96 valence electrons. The van der Waals surface area contributed by atoms with Gasteiger partial charge >= 0.3 is 0 Å². The van der Waals surface area contributed by atoms with E-state index in [4.69, 9.17) is 5.73 Å². The normalized spacial score (nSPS) is 12.8. The van der Waals surface area contributed by atoms with Gasteiger partial charge in [0.1, 0.15) is 10.7 Å². The first-order chi connectivity index (χ1) is 7.97. The van der Waals surface area contributed by atoms with Crippen LogP contribution in [0.3, 0.4) is 0 Å². The smallest absolute Gasteiger partial charge is 0.273 e. The maximum absolute atomic E-state index is 12.2. The molecule has 1 rings (SSSR count). The van der Waals surface area contributed by atoms with Crippen molar-refractivity contribution in [2.45, 2.75) is 46.2 Å². The van der Waals surface area contributed by atoms with E-state index in [1.165, 1.54) is 11.3 Å². The van der Waals surface area contributed by atoms with Crippen molar-refractivity contribution in [3.05, 3.63) is 16.1 Å². The van der Waals surface area contributed by atoms with Crippen molar-refractivity contribution in [1.29, 1.82) is 0 Å². The maximum atomic E-state index is 12.2. The summed E-state index contributed by atoms with van der Waals surface area (Å²) in [6, 6.07) is 0.0862. The predicted octanol–water partition coefficient (Wildman–Crippen LogP) is 2.42. The Morgan fingerprint density at radius 3 is 2.59 bits per heavy atom. The Labute approximate surface area is 107 Å². The molecule has 0 spiro atoms. The van der Waals surface area contributed by atoms with Crippen LogP contribution in [0.4, 0.5) is 0 Å². The van der Waals surface area contributed by atoms with Gasteiger partial charge in [-0.1, -0.05) is 6.92 Å². The zero-order valence-corrected chi connectivity index (χ0v) is 11.8. The Hall–Kier alpha value is -0.940. The summed E-state index contributed by atoms with van der Waals surface area (Å²) in [5.74, 6) is 0.00463. The van der Waals surface area contributed by atoms with Crippen molar-refractivity contribution < 1.29 is 4.79 Å². The molecule has 0 saturated heterocycles. The van der Waals surface area contributed by atoms with Crippen LogP contribution in [0.1, 0.15) is 55.7 Å². The van der Waals surface area contributed by atoms with E-state index in [2.05, 4.69) is 11.9 Å². The molecule has 0 fully saturated rings. The van der Waals surface area contributed by atoms with E-state index in [0.29, 0.717) is 5.69 Å². The molecule has 1 aromatic rings. The average Bonchev–Trinajstić information content (AvgIpc) is 2.73. The highest BCUT2D eigenvalue weighted by Gasteiger charge is 2.20.